The van der Waals surface area contributed by atoms with Crippen LogP contribution in [0.1, 0.15) is 55.3 Å². The zero-order valence-corrected chi connectivity index (χ0v) is 24.0. The molecule has 3 aromatic rings. The summed E-state index contributed by atoms with van der Waals surface area (Å²) in [6, 6.07) is 18.4. The van der Waals surface area contributed by atoms with E-state index in [2.05, 4.69) is 41.4 Å². The van der Waals surface area contributed by atoms with Gasteiger partial charge in [0.2, 0.25) is 0 Å². The summed E-state index contributed by atoms with van der Waals surface area (Å²) in [5.41, 5.74) is 4.37. The van der Waals surface area contributed by atoms with E-state index in [0.29, 0.717) is 23.9 Å². The normalized spacial score (nSPS) is 27.2. The number of rotatable bonds is 5. The lowest BCUT2D eigenvalue weighted by Gasteiger charge is -2.57. The number of hydrogen-bond acceptors (Lipinski definition) is 4. The van der Waals surface area contributed by atoms with E-state index >= 15 is 0 Å². The minimum absolute atomic E-state index is 0.0447. The van der Waals surface area contributed by atoms with Crippen LogP contribution >= 0.6 is 11.6 Å². The molecule has 0 radical (unpaired) electrons. The van der Waals surface area contributed by atoms with Crippen molar-refractivity contribution in [1.82, 2.24) is 20.2 Å². The van der Waals surface area contributed by atoms with E-state index in [1.165, 1.54) is 44.1 Å². The van der Waals surface area contributed by atoms with E-state index in [1.807, 2.05) is 35.2 Å². The van der Waals surface area contributed by atoms with Crippen LogP contribution < -0.4 is 10.2 Å². The second-order valence-corrected chi connectivity index (χ2v) is 13.1. The Morgan fingerprint density at radius 2 is 1.52 bits per heavy atom. The fourth-order valence-corrected chi connectivity index (χ4v) is 8.39. The standard InChI is InChI=1S/C33H38ClN5O/c1-22-29(18-23-5-3-2-4-6-23)31(36-30(35-22)27-7-9-28(34)10-8-27)38-11-13-39(14-12-38)32(40)37-33-19-24-15-25(20-33)17-26(16-24)21-33/h2-10,24-26H,11-21H2,1H3,(H,37,40). The molecule has 0 unspecified atom stereocenters. The van der Waals surface area contributed by atoms with Crippen molar-refractivity contribution < 1.29 is 4.79 Å². The van der Waals surface area contributed by atoms with Crippen LogP contribution in [0.25, 0.3) is 11.4 Å². The molecular weight excluding hydrogens is 518 g/mol. The number of nitrogens with one attached hydrogen (secondary N) is 1. The van der Waals surface area contributed by atoms with Crippen LogP contribution in [0.15, 0.2) is 54.6 Å². The third-order valence-electron chi connectivity index (χ3n) is 9.79. The number of aromatic nitrogens is 2. The second-order valence-electron chi connectivity index (χ2n) is 12.7. The fourth-order valence-electron chi connectivity index (χ4n) is 8.27. The van der Waals surface area contributed by atoms with Gasteiger partial charge in [-0.15, -0.1) is 0 Å². The molecule has 2 aromatic carbocycles. The fraction of sp³-hybridized carbons (Fsp3) is 0.485. The van der Waals surface area contributed by atoms with Gasteiger partial charge in [0.05, 0.1) is 0 Å². The molecule has 4 saturated carbocycles. The summed E-state index contributed by atoms with van der Waals surface area (Å²) in [5, 5.41) is 4.27. The highest BCUT2D eigenvalue weighted by atomic mass is 35.5. The van der Waals surface area contributed by atoms with Crippen molar-refractivity contribution in [3.05, 3.63) is 76.4 Å². The molecule has 1 aromatic heterocycles. The molecule has 7 heteroatoms. The topological polar surface area (TPSA) is 61.4 Å². The van der Waals surface area contributed by atoms with Crippen LogP contribution in [0.5, 0.6) is 0 Å². The van der Waals surface area contributed by atoms with Crippen molar-refractivity contribution in [2.45, 2.75) is 57.4 Å². The zero-order chi connectivity index (χ0) is 27.3. The summed E-state index contributed by atoms with van der Waals surface area (Å²) < 4.78 is 0. The molecule has 2 amide bonds. The van der Waals surface area contributed by atoms with Crippen molar-refractivity contribution in [3.8, 4) is 11.4 Å². The summed E-state index contributed by atoms with van der Waals surface area (Å²) in [7, 11) is 0. The molecule has 0 spiro atoms. The lowest BCUT2D eigenvalue weighted by Crippen LogP contribution is -2.63. The molecular formula is C33H38ClN5O. The third kappa shape index (κ3) is 5.07. The Kier molecular flexibility index (Phi) is 6.69. The molecule has 2 heterocycles. The van der Waals surface area contributed by atoms with Gasteiger partial charge in [-0.25, -0.2) is 14.8 Å². The molecule has 8 rings (SSSR count). The average molecular weight is 556 g/mol. The Morgan fingerprint density at radius 1 is 0.900 bits per heavy atom. The highest BCUT2D eigenvalue weighted by Crippen LogP contribution is 2.55. The third-order valence-corrected chi connectivity index (χ3v) is 10.0. The van der Waals surface area contributed by atoms with Gasteiger partial charge in [-0.2, -0.15) is 0 Å². The van der Waals surface area contributed by atoms with Crippen LogP contribution in [-0.4, -0.2) is 52.6 Å². The van der Waals surface area contributed by atoms with Crippen LogP contribution in [0.4, 0.5) is 10.6 Å². The second kappa shape index (κ2) is 10.4. The van der Waals surface area contributed by atoms with Crippen molar-refractivity contribution in [2.24, 2.45) is 17.8 Å². The quantitative estimate of drug-likeness (QED) is 0.390. The SMILES string of the molecule is Cc1nc(-c2ccc(Cl)cc2)nc(N2CCN(C(=O)NC34CC5CC(CC(C5)C3)C4)CC2)c1Cc1ccccc1. The van der Waals surface area contributed by atoms with Gasteiger partial charge in [0.25, 0.3) is 0 Å². The highest BCUT2D eigenvalue weighted by Gasteiger charge is 2.51. The first-order valence-corrected chi connectivity index (χ1v) is 15.3. The number of benzene rings is 2. The number of anilines is 1. The minimum Gasteiger partial charge on any atom is -0.353 e. The van der Waals surface area contributed by atoms with Gasteiger partial charge in [-0.3, -0.25) is 0 Å². The van der Waals surface area contributed by atoms with E-state index in [-0.39, 0.29) is 11.6 Å². The summed E-state index contributed by atoms with van der Waals surface area (Å²) in [6.07, 6.45) is 8.47. The summed E-state index contributed by atoms with van der Waals surface area (Å²) in [4.78, 5) is 27.9. The predicted molar refractivity (Wildman–Crippen MR) is 160 cm³/mol. The minimum atomic E-state index is 0.0447. The van der Waals surface area contributed by atoms with Crippen molar-refractivity contribution in [1.29, 1.82) is 0 Å². The van der Waals surface area contributed by atoms with Crippen molar-refractivity contribution in [2.75, 3.05) is 31.1 Å². The van der Waals surface area contributed by atoms with Crippen LogP contribution in [-0.2, 0) is 6.42 Å². The maximum Gasteiger partial charge on any atom is 0.317 e. The number of carbonyl (C=O) groups is 1. The van der Waals surface area contributed by atoms with Gasteiger partial charge in [0, 0.05) is 60.0 Å². The molecule has 4 aliphatic carbocycles. The molecule has 40 heavy (non-hydrogen) atoms. The maximum atomic E-state index is 13.5. The van der Waals surface area contributed by atoms with Gasteiger partial charge in [0.15, 0.2) is 5.82 Å². The summed E-state index contributed by atoms with van der Waals surface area (Å²) >= 11 is 6.15. The molecule has 5 aliphatic rings. The Labute approximate surface area is 242 Å². The van der Waals surface area contributed by atoms with E-state index in [9.17, 15) is 4.79 Å². The van der Waals surface area contributed by atoms with Gasteiger partial charge in [-0.1, -0.05) is 41.9 Å². The number of carbonyl (C=O) groups excluding carboxylic acids is 1. The molecule has 1 aliphatic heterocycles. The Bertz CT molecular complexity index is 1350. The number of hydrogen-bond donors (Lipinski definition) is 1. The van der Waals surface area contributed by atoms with Gasteiger partial charge in [0.1, 0.15) is 5.82 Å². The smallest absolute Gasteiger partial charge is 0.317 e. The number of aryl methyl sites for hydroxylation is 1. The molecule has 1 saturated heterocycles. The molecule has 4 bridgehead atoms. The van der Waals surface area contributed by atoms with Crippen molar-refractivity contribution in [3.63, 3.8) is 0 Å². The Balaban J connectivity index is 1.10. The molecule has 1 N–H and O–H groups in total. The monoisotopic (exact) mass is 555 g/mol. The Morgan fingerprint density at radius 3 is 2.15 bits per heavy atom. The first kappa shape index (κ1) is 25.8. The number of nitrogens with zero attached hydrogens (tertiary/aromatic N) is 4. The van der Waals surface area contributed by atoms with E-state index in [4.69, 9.17) is 21.6 Å². The molecule has 6 nitrogen and oxygen atoms in total. The van der Waals surface area contributed by atoms with Gasteiger partial charge >= 0.3 is 6.03 Å². The van der Waals surface area contributed by atoms with E-state index < -0.39 is 0 Å². The van der Waals surface area contributed by atoms with Gasteiger partial charge < -0.3 is 15.1 Å². The lowest BCUT2D eigenvalue weighted by atomic mass is 9.53. The molecule has 0 atom stereocenters. The summed E-state index contributed by atoms with van der Waals surface area (Å²) in [5.74, 6) is 4.15. The van der Waals surface area contributed by atoms with E-state index in [1.54, 1.807) is 0 Å². The lowest BCUT2D eigenvalue weighted by molar-refractivity contribution is -0.0157. The maximum absolute atomic E-state index is 13.5. The molecule has 5 fully saturated rings. The van der Waals surface area contributed by atoms with Crippen LogP contribution in [0.3, 0.4) is 0 Å². The van der Waals surface area contributed by atoms with Crippen LogP contribution in [0, 0.1) is 24.7 Å². The van der Waals surface area contributed by atoms with Gasteiger partial charge in [-0.05, 0) is 93.0 Å². The largest absolute Gasteiger partial charge is 0.353 e. The highest BCUT2D eigenvalue weighted by molar-refractivity contribution is 6.30. The predicted octanol–water partition coefficient (Wildman–Crippen LogP) is 6.50. The number of halogens is 1. The first-order valence-electron chi connectivity index (χ1n) is 14.9. The number of urea groups is 1. The molecule has 208 valence electrons. The Hall–Kier alpha value is -3.12. The average Bonchev–Trinajstić information content (AvgIpc) is 2.94. The summed E-state index contributed by atoms with van der Waals surface area (Å²) in [6.45, 7) is 4.99. The van der Waals surface area contributed by atoms with Crippen molar-refractivity contribution >= 4 is 23.4 Å². The zero-order valence-electron chi connectivity index (χ0n) is 23.3. The number of amides is 2. The van der Waals surface area contributed by atoms with Crippen LogP contribution in [0.2, 0.25) is 5.02 Å². The number of piperazine rings is 1. The first-order chi connectivity index (χ1) is 19.4. The van der Waals surface area contributed by atoms with E-state index in [0.717, 1.165) is 59.9 Å².